The van der Waals surface area contributed by atoms with Gasteiger partial charge in [-0.2, -0.15) is 0 Å². The van der Waals surface area contributed by atoms with Crippen molar-refractivity contribution >= 4 is 17.2 Å². The Bertz CT molecular complexity index is 536. The molecular weight excluding hydrogens is 258 g/mol. The standard InChI is InChI=1S/C14H16N3O3/c1-11(12-6-5-7-13(10-12)17(19)20)14(18)15-16-8-3-2-4-9-16/h5-6,10H,1-4,8-9H2,(H,15,18). The number of hydrogen-bond donors (Lipinski definition) is 1. The van der Waals surface area contributed by atoms with E-state index in [1.807, 2.05) is 5.01 Å². The number of amides is 1. The SMILES string of the molecule is C=C(C(=O)NN1CCCCC1)c1cc[c]c([N+](=O)[O-])c1. The maximum absolute atomic E-state index is 12.1. The van der Waals surface area contributed by atoms with Gasteiger partial charge in [0.15, 0.2) is 0 Å². The van der Waals surface area contributed by atoms with Crippen LogP contribution in [0.2, 0.25) is 0 Å². The van der Waals surface area contributed by atoms with Crippen LogP contribution in [-0.4, -0.2) is 28.9 Å². The van der Waals surface area contributed by atoms with Crippen LogP contribution in [-0.2, 0) is 4.79 Å². The molecule has 0 atom stereocenters. The van der Waals surface area contributed by atoms with Crippen LogP contribution in [0.4, 0.5) is 5.69 Å². The molecule has 1 saturated heterocycles. The molecule has 1 aromatic carbocycles. The van der Waals surface area contributed by atoms with Crippen molar-refractivity contribution < 1.29 is 9.72 Å². The zero-order valence-corrected chi connectivity index (χ0v) is 11.1. The second-order valence-electron chi connectivity index (χ2n) is 4.69. The van der Waals surface area contributed by atoms with E-state index < -0.39 is 4.92 Å². The zero-order valence-electron chi connectivity index (χ0n) is 11.1. The molecule has 105 valence electrons. The van der Waals surface area contributed by atoms with Gasteiger partial charge in [-0.05, 0) is 24.5 Å². The van der Waals surface area contributed by atoms with Crippen molar-refractivity contribution in [1.29, 1.82) is 0 Å². The van der Waals surface area contributed by atoms with E-state index in [-0.39, 0.29) is 17.2 Å². The van der Waals surface area contributed by atoms with Crippen LogP contribution in [0.3, 0.4) is 0 Å². The number of nitro benzene ring substituents is 1. The molecule has 0 unspecified atom stereocenters. The van der Waals surface area contributed by atoms with E-state index in [1.165, 1.54) is 18.6 Å². The number of hydrazine groups is 1. The van der Waals surface area contributed by atoms with Gasteiger partial charge < -0.3 is 0 Å². The summed E-state index contributed by atoms with van der Waals surface area (Å²) in [6.45, 7) is 5.36. The van der Waals surface area contributed by atoms with Crippen LogP contribution < -0.4 is 5.43 Å². The quantitative estimate of drug-likeness (QED) is 0.517. The summed E-state index contributed by atoms with van der Waals surface area (Å²) in [6.07, 6.45) is 3.28. The van der Waals surface area contributed by atoms with Crippen molar-refractivity contribution in [2.24, 2.45) is 0 Å². The molecule has 1 radical (unpaired) electrons. The van der Waals surface area contributed by atoms with Crippen molar-refractivity contribution in [3.63, 3.8) is 0 Å². The topological polar surface area (TPSA) is 75.5 Å². The number of nitrogens with zero attached hydrogens (tertiary/aromatic N) is 2. The number of nitro groups is 1. The highest BCUT2D eigenvalue weighted by Gasteiger charge is 2.17. The van der Waals surface area contributed by atoms with Crippen molar-refractivity contribution in [1.82, 2.24) is 10.4 Å². The summed E-state index contributed by atoms with van der Waals surface area (Å²) in [5, 5.41) is 12.6. The van der Waals surface area contributed by atoms with E-state index in [2.05, 4.69) is 18.1 Å². The summed E-state index contributed by atoms with van der Waals surface area (Å²) in [6, 6.07) is 6.82. The monoisotopic (exact) mass is 274 g/mol. The third kappa shape index (κ3) is 3.42. The van der Waals surface area contributed by atoms with Crippen molar-refractivity contribution in [3.8, 4) is 0 Å². The molecule has 6 heteroatoms. The first-order chi connectivity index (χ1) is 9.58. The number of carbonyl (C=O) groups excluding carboxylic acids is 1. The molecule has 1 N–H and O–H groups in total. The van der Waals surface area contributed by atoms with Crippen molar-refractivity contribution in [3.05, 3.63) is 46.5 Å². The molecule has 0 bridgehead atoms. The lowest BCUT2D eigenvalue weighted by Gasteiger charge is -2.27. The zero-order chi connectivity index (χ0) is 14.5. The third-order valence-electron chi connectivity index (χ3n) is 3.22. The summed E-state index contributed by atoms with van der Waals surface area (Å²) in [4.78, 5) is 22.2. The van der Waals surface area contributed by atoms with Crippen LogP contribution in [0, 0.1) is 16.2 Å². The van der Waals surface area contributed by atoms with Crippen molar-refractivity contribution in [2.75, 3.05) is 13.1 Å². The van der Waals surface area contributed by atoms with Crippen molar-refractivity contribution in [2.45, 2.75) is 19.3 Å². The van der Waals surface area contributed by atoms with E-state index in [0.29, 0.717) is 5.56 Å². The highest BCUT2D eigenvalue weighted by Crippen LogP contribution is 2.19. The molecule has 1 aliphatic heterocycles. The van der Waals surface area contributed by atoms with E-state index in [9.17, 15) is 14.9 Å². The van der Waals surface area contributed by atoms with E-state index in [0.717, 1.165) is 25.9 Å². The average Bonchev–Trinajstić information content (AvgIpc) is 2.47. The fourth-order valence-corrected chi connectivity index (χ4v) is 2.09. The summed E-state index contributed by atoms with van der Waals surface area (Å²) < 4.78 is 0. The highest BCUT2D eigenvalue weighted by molar-refractivity contribution is 6.18. The molecule has 1 amide bonds. The van der Waals surface area contributed by atoms with Gasteiger partial charge in [-0.1, -0.05) is 19.1 Å². The number of rotatable bonds is 4. The van der Waals surface area contributed by atoms with E-state index >= 15 is 0 Å². The lowest BCUT2D eigenvalue weighted by Crippen LogP contribution is -2.45. The summed E-state index contributed by atoms with van der Waals surface area (Å²) >= 11 is 0. The van der Waals surface area contributed by atoms with Gasteiger partial charge in [0, 0.05) is 24.7 Å². The minimum atomic E-state index is -0.542. The number of hydrogen-bond acceptors (Lipinski definition) is 4. The number of piperidine rings is 1. The number of nitrogens with one attached hydrogen (secondary N) is 1. The molecule has 1 aromatic rings. The lowest BCUT2D eigenvalue weighted by atomic mass is 10.1. The fourth-order valence-electron chi connectivity index (χ4n) is 2.09. The number of benzene rings is 1. The van der Waals surface area contributed by atoms with Gasteiger partial charge >= 0.3 is 0 Å². The Kier molecular flexibility index (Phi) is 4.47. The maximum Gasteiger partial charge on any atom is 0.278 e. The molecule has 20 heavy (non-hydrogen) atoms. The van der Waals surface area contributed by atoms with Crippen LogP contribution >= 0.6 is 0 Å². The average molecular weight is 274 g/mol. The molecule has 1 fully saturated rings. The smallest absolute Gasteiger partial charge is 0.278 e. The molecule has 0 aromatic heterocycles. The van der Waals surface area contributed by atoms with Crippen LogP contribution in [0.15, 0.2) is 24.8 Å². The first-order valence-electron chi connectivity index (χ1n) is 6.49. The summed E-state index contributed by atoms with van der Waals surface area (Å²) in [5.74, 6) is -0.326. The minimum absolute atomic E-state index is 0.172. The van der Waals surface area contributed by atoms with Gasteiger partial charge in [-0.15, -0.1) is 0 Å². The molecule has 1 heterocycles. The summed E-state index contributed by atoms with van der Waals surface area (Å²) in [7, 11) is 0. The molecule has 0 saturated carbocycles. The summed E-state index contributed by atoms with van der Waals surface area (Å²) in [5.41, 5.74) is 3.26. The Morgan fingerprint density at radius 1 is 1.40 bits per heavy atom. The fraction of sp³-hybridized carbons (Fsp3) is 0.357. The Morgan fingerprint density at radius 2 is 2.10 bits per heavy atom. The number of non-ortho nitro benzene ring substituents is 1. The second-order valence-corrected chi connectivity index (χ2v) is 4.69. The molecule has 0 spiro atoms. The Hall–Kier alpha value is -2.21. The van der Waals surface area contributed by atoms with Crippen LogP contribution in [0.1, 0.15) is 24.8 Å². The van der Waals surface area contributed by atoms with E-state index in [4.69, 9.17) is 0 Å². The Balaban J connectivity index is 2.04. The predicted octanol–water partition coefficient (Wildman–Crippen LogP) is 1.93. The molecule has 0 aliphatic carbocycles. The van der Waals surface area contributed by atoms with Gasteiger partial charge in [-0.3, -0.25) is 20.3 Å². The van der Waals surface area contributed by atoms with Gasteiger partial charge in [0.05, 0.1) is 11.0 Å². The number of carbonyl (C=O) groups is 1. The Labute approximate surface area is 117 Å². The third-order valence-corrected chi connectivity index (χ3v) is 3.22. The highest BCUT2D eigenvalue weighted by atomic mass is 16.6. The lowest BCUT2D eigenvalue weighted by molar-refractivity contribution is -0.385. The van der Waals surface area contributed by atoms with Gasteiger partial charge in [0.1, 0.15) is 0 Å². The van der Waals surface area contributed by atoms with E-state index in [1.54, 1.807) is 6.07 Å². The van der Waals surface area contributed by atoms with Crippen LogP contribution in [0.5, 0.6) is 0 Å². The molecular formula is C14H16N3O3. The van der Waals surface area contributed by atoms with Gasteiger partial charge in [-0.25, -0.2) is 5.01 Å². The first kappa shape index (κ1) is 14.2. The van der Waals surface area contributed by atoms with Gasteiger partial charge in [0.25, 0.3) is 11.6 Å². The second kappa shape index (κ2) is 6.29. The predicted molar refractivity (Wildman–Crippen MR) is 74.5 cm³/mol. The molecule has 6 nitrogen and oxygen atoms in total. The molecule has 2 rings (SSSR count). The normalized spacial score (nSPS) is 15.6. The largest absolute Gasteiger partial charge is 0.285 e. The Morgan fingerprint density at radius 3 is 2.75 bits per heavy atom. The minimum Gasteiger partial charge on any atom is -0.285 e. The van der Waals surface area contributed by atoms with Gasteiger partial charge in [0.2, 0.25) is 0 Å². The maximum atomic E-state index is 12.1. The van der Waals surface area contributed by atoms with Crippen LogP contribution in [0.25, 0.3) is 5.57 Å². The molecule has 1 aliphatic rings. The first-order valence-corrected chi connectivity index (χ1v) is 6.49.